The van der Waals surface area contributed by atoms with Crippen molar-refractivity contribution in [2.45, 2.75) is 43.0 Å². The molecule has 26 heavy (non-hydrogen) atoms. The van der Waals surface area contributed by atoms with E-state index in [2.05, 4.69) is 0 Å². The Balaban J connectivity index is 2.10. The number of nitrogens with zero attached hydrogens (tertiary/aromatic N) is 1. The van der Waals surface area contributed by atoms with Gasteiger partial charge in [0, 0.05) is 25.1 Å². The lowest BCUT2D eigenvalue weighted by Gasteiger charge is -2.25. The summed E-state index contributed by atoms with van der Waals surface area (Å²) in [6.07, 6.45) is -1.33. The smallest absolute Gasteiger partial charge is 0.326 e. The molecule has 0 bridgehead atoms. The van der Waals surface area contributed by atoms with Crippen LogP contribution < -0.4 is 5.32 Å². The van der Waals surface area contributed by atoms with Crippen molar-refractivity contribution in [2.24, 2.45) is 0 Å². The lowest BCUT2D eigenvalue weighted by Crippen LogP contribution is -2.42. The van der Waals surface area contributed by atoms with E-state index in [9.17, 15) is 26.8 Å². The number of rotatable bonds is 7. The fourth-order valence-electron chi connectivity index (χ4n) is 2.67. The van der Waals surface area contributed by atoms with Crippen molar-refractivity contribution >= 4 is 21.9 Å². The van der Waals surface area contributed by atoms with Crippen LogP contribution in [0, 0.1) is 0 Å². The third-order valence-corrected chi connectivity index (χ3v) is 6.00. The predicted molar refractivity (Wildman–Crippen MR) is 88.6 cm³/mol. The van der Waals surface area contributed by atoms with Gasteiger partial charge in [0.1, 0.15) is 6.04 Å². The Hall–Kier alpha value is -2.07. The van der Waals surface area contributed by atoms with Crippen molar-refractivity contribution in [1.29, 1.82) is 0 Å². The van der Waals surface area contributed by atoms with Gasteiger partial charge in [-0.05, 0) is 37.1 Å². The number of hydrogen-bond donors (Lipinski definition) is 2. The molecular weight excluding hydrogens is 370 g/mol. The van der Waals surface area contributed by atoms with Crippen LogP contribution in [-0.2, 0) is 14.8 Å². The highest BCUT2D eigenvalue weighted by atomic mass is 32.2. The van der Waals surface area contributed by atoms with E-state index in [4.69, 9.17) is 5.11 Å². The number of halogens is 2. The molecule has 144 valence electrons. The maximum absolute atomic E-state index is 12.5. The van der Waals surface area contributed by atoms with Crippen molar-refractivity contribution in [1.82, 2.24) is 9.62 Å². The van der Waals surface area contributed by atoms with Crippen molar-refractivity contribution in [3.63, 3.8) is 0 Å². The average Bonchev–Trinajstić information content (AvgIpc) is 2.61. The molecule has 0 aromatic heterocycles. The SMILES string of the molecule is O=C(NC(CC(F)F)C(=O)O)c1ccc(S(=O)(=O)N2CCCCC2)cc1. The van der Waals surface area contributed by atoms with E-state index < -0.39 is 40.8 Å². The molecule has 2 N–H and O–H groups in total. The summed E-state index contributed by atoms with van der Waals surface area (Å²) in [5.41, 5.74) is -0.0110. The molecule has 1 amide bonds. The van der Waals surface area contributed by atoms with Gasteiger partial charge in [0.25, 0.3) is 5.91 Å². The number of benzene rings is 1. The van der Waals surface area contributed by atoms with Crippen molar-refractivity contribution in [2.75, 3.05) is 13.1 Å². The van der Waals surface area contributed by atoms with Gasteiger partial charge in [0.05, 0.1) is 4.90 Å². The number of hydrogen-bond acceptors (Lipinski definition) is 4. The maximum Gasteiger partial charge on any atom is 0.326 e. The minimum absolute atomic E-state index is 0.0110. The van der Waals surface area contributed by atoms with Gasteiger partial charge in [-0.1, -0.05) is 6.42 Å². The second kappa shape index (κ2) is 8.54. The molecule has 10 heteroatoms. The Kier molecular flexibility index (Phi) is 6.65. The third-order valence-electron chi connectivity index (χ3n) is 4.09. The molecule has 1 aliphatic heterocycles. The van der Waals surface area contributed by atoms with Crippen molar-refractivity contribution in [3.8, 4) is 0 Å². The normalized spacial score (nSPS) is 17.0. The molecule has 0 aliphatic carbocycles. The second-order valence-corrected chi connectivity index (χ2v) is 7.92. The zero-order chi connectivity index (χ0) is 19.3. The molecule has 0 radical (unpaired) electrons. The summed E-state index contributed by atoms with van der Waals surface area (Å²) in [6, 6.07) is 3.24. The van der Waals surface area contributed by atoms with Crippen molar-refractivity contribution < 1.29 is 31.9 Å². The summed E-state index contributed by atoms with van der Waals surface area (Å²) in [6.45, 7) is 0.886. The number of carbonyl (C=O) groups excluding carboxylic acids is 1. The van der Waals surface area contributed by atoms with E-state index in [1.54, 1.807) is 0 Å². The number of carboxylic acids is 1. The Morgan fingerprint density at radius 1 is 1.12 bits per heavy atom. The minimum Gasteiger partial charge on any atom is -0.480 e. The summed E-state index contributed by atoms with van der Waals surface area (Å²) in [4.78, 5) is 23.0. The largest absolute Gasteiger partial charge is 0.480 e. The molecule has 1 heterocycles. The summed E-state index contributed by atoms with van der Waals surface area (Å²) >= 11 is 0. The summed E-state index contributed by atoms with van der Waals surface area (Å²) < 4.78 is 51.2. The lowest BCUT2D eigenvalue weighted by atomic mass is 10.1. The highest BCUT2D eigenvalue weighted by Crippen LogP contribution is 2.21. The first-order chi connectivity index (χ1) is 12.2. The summed E-state index contributed by atoms with van der Waals surface area (Å²) in [5.74, 6) is -2.43. The number of nitrogens with one attached hydrogen (secondary N) is 1. The molecule has 1 aromatic rings. The molecule has 1 unspecified atom stereocenters. The fraction of sp³-hybridized carbons (Fsp3) is 0.500. The van der Waals surface area contributed by atoms with Crippen LogP contribution in [-0.4, -0.2) is 55.3 Å². The zero-order valence-electron chi connectivity index (χ0n) is 13.9. The fourth-order valence-corrected chi connectivity index (χ4v) is 4.19. The monoisotopic (exact) mass is 390 g/mol. The molecule has 1 fully saturated rings. The molecule has 0 spiro atoms. The Morgan fingerprint density at radius 2 is 1.69 bits per heavy atom. The molecular formula is C16H20F2N2O5S. The molecule has 7 nitrogen and oxygen atoms in total. The number of aliphatic carboxylic acids is 1. The van der Waals surface area contributed by atoms with Gasteiger partial charge in [-0.3, -0.25) is 4.79 Å². The van der Waals surface area contributed by atoms with Crippen LogP contribution in [0.4, 0.5) is 8.78 Å². The first-order valence-electron chi connectivity index (χ1n) is 8.14. The lowest BCUT2D eigenvalue weighted by molar-refractivity contribution is -0.140. The average molecular weight is 390 g/mol. The quantitative estimate of drug-likeness (QED) is 0.738. The van der Waals surface area contributed by atoms with Gasteiger partial charge in [-0.25, -0.2) is 22.0 Å². The van der Waals surface area contributed by atoms with Crippen molar-refractivity contribution in [3.05, 3.63) is 29.8 Å². The first-order valence-corrected chi connectivity index (χ1v) is 9.58. The number of alkyl halides is 2. The van der Waals surface area contributed by atoms with Crippen LogP contribution in [0.15, 0.2) is 29.2 Å². The number of carboxylic acid groups (broad SMARTS) is 1. The summed E-state index contributed by atoms with van der Waals surface area (Å²) in [7, 11) is -3.65. The van der Waals surface area contributed by atoms with Gasteiger partial charge in [0.2, 0.25) is 16.4 Å². The van der Waals surface area contributed by atoms with Gasteiger partial charge < -0.3 is 10.4 Å². The zero-order valence-corrected chi connectivity index (χ0v) is 14.7. The topological polar surface area (TPSA) is 104 Å². The van der Waals surface area contributed by atoms with E-state index in [1.807, 2.05) is 5.32 Å². The van der Waals surface area contributed by atoms with Crippen LogP contribution >= 0.6 is 0 Å². The van der Waals surface area contributed by atoms with Gasteiger partial charge in [0.15, 0.2) is 0 Å². The highest BCUT2D eigenvalue weighted by Gasteiger charge is 2.27. The van der Waals surface area contributed by atoms with E-state index in [-0.39, 0.29) is 10.5 Å². The predicted octanol–water partition coefficient (Wildman–Crippen LogP) is 1.70. The second-order valence-electron chi connectivity index (χ2n) is 5.98. The van der Waals surface area contributed by atoms with Gasteiger partial charge in [-0.15, -0.1) is 0 Å². The number of carbonyl (C=O) groups is 2. The maximum atomic E-state index is 12.5. The molecule has 1 saturated heterocycles. The third kappa shape index (κ3) is 4.98. The summed E-state index contributed by atoms with van der Waals surface area (Å²) in [5, 5.41) is 10.9. The van der Waals surface area contributed by atoms with Crippen LogP contribution in [0.1, 0.15) is 36.0 Å². The van der Waals surface area contributed by atoms with E-state index in [0.717, 1.165) is 19.3 Å². The van der Waals surface area contributed by atoms with E-state index in [1.165, 1.54) is 28.6 Å². The van der Waals surface area contributed by atoms with Crippen LogP contribution in [0.2, 0.25) is 0 Å². The first kappa shape index (κ1) is 20.2. The molecule has 1 aliphatic rings. The molecule has 1 atom stereocenters. The van der Waals surface area contributed by atoms with E-state index >= 15 is 0 Å². The molecule has 2 rings (SSSR count). The Morgan fingerprint density at radius 3 is 2.19 bits per heavy atom. The Labute approximate surface area is 150 Å². The van der Waals surface area contributed by atoms with E-state index in [0.29, 0.717) is 13.1 Å². The molecule has 0 saturated carbocycles. The number of piperidine rings is 1. The minimum atomic E-state index is -3.65. The molecule has 1 aromatic carbocycles. The van der Waals surface area contributed by atoms with Gasteiger partial charge >= 0.3 is 5.97 Å². The van der Waals surface area contributed by atoms with Crippen LogP contribution in [0.5, 0.6) is 0 Å². The standard InChI is InChI=1S/C16H20F2N2O5S/c17-14(18)10-13(16(22)23)19-15(21)11-4-6-12(7-5-11)26(24,25)20-8-2-1-3-9-20/h4-7,13-14H,1-3,8-10H2,(H,19,21)(H,22,23). The highest BCUT2D eigenvalue weighted by molar-refractivity contribution is 7.89. The van der Waals surface area contributed by atoms with Gasteiger partial charge in [-0.2, -0.15) is 4.31 Å². The number of sulfonamides is 1. The van der Waals surface area contributed by atoms with Crippen LogP contribution in [0.3, 0.4) is 0 Å². The van der Waals surface area contributed by atoms with Crippen LogP contribution in [0.25, 0.3) is 0 Å². The Bertz CT molecular complexity index is 746. The number of amides is 1.